The van der Waals surface area contributed by atoms with Gasteiger partial charge in [0.1, 0.15) is 11.3 Å². The number of hydrogen-bond donors (Lipinski definition) is 2. The number of aromatic amines is 1. The average Bonchev–Trinajstić information content (AvgIpc) is 2.84. The van der Waals surface area contributed by atoms with Crippen molar-refractivity contribution in [2.24, 2.45) is 0 Å². The number of methoxy groups -OCH3 is 1. The van der Waals surface area contributed by atoms with Crippen LogP contribution in [0.5, 0.6) is 11.5 Å². The van der Waals surface area contributed by atoms with Crippen LogP contribution in [0.15, 0.2) is 36.4 Å². The summed E-state index contributed by atoms with van der Waals surface area (Å²) in [7, 11) is 1.48. The summed E-state index contributed by atoms with van der Waals surface area (Å²) in [4.78, 5) is 7.21. The number of H-pyrrole nitrogens is 1. The maximum Gasteiger partial charge on any atom is 0.160 e. The number of hydrogen-bond acceptors (Lipinski definition) is 3. The number of benzene rings is 2. The van der Waals surface area contributed by atoms with Crippen LogP contribution in [-0.2, 0) is 0 Å². The van der Waals surface area contributed by atoms with Gasteiger partial charge in [0.15, 0.2) is 17.3 Å². The summed E-state index contributed by atoms with van der Waals surface area (Å²) in [6.07, 6.45) is 0. The van der Waals surface area contributed by atoms with Gasteiger partial charge in [-0.3, -0.25) is 0 Å². The zero-order chi connectivity index (χ0) is 13.4. The molecule has 96 valence electrons. The van der Waals surface area contributed by atoms with Gasteiger partial charge in [-0.05, 0) is 30.3 Å². The Morgan fingerprint density at radius 3 is 2.79 bits per heavy atom. The molecule has 3 rings (SSSR count). The van der Waals surface area contributed by atoms with Crippen LogP contribution in [0.2, 0.25) is 0 Å². The first-order valence-corrected chi connectivity index (χ1v) is 5.70. The molecule has 0 radical (unpaired) electrons. The van der Waals surface area contributed by atoms with Crippen molar-refractivity contribution in [3.8, 4) is 22.9 Å². The molecule has 5 heteroatoms. The zero-order valence-corrected chi connectivity index (χ0v) is 10.1. The number of aromatic hydroxyl groups is 1. The average molecular weight is 258 g/mol. The lowest BCUT2D eigenvalue weighted by Gasteiger charge is -2.04. The number of para-hydroxylation sites is 1. The van der Waals surface area contributed by atoms with Gasteiger partial charge in [-0.15, -0.1) is 0 Å². The summed E-state index contributed by atoms with van der Waals surface area (Å²) in [6, 6.07) is 9.62. The van der Waals surface area contributed by atoms with Crippen molar-refractivity contribution in [2.75, 3.05) is 7.11 Å². The van der Waals surface area contributed by atoms with Gasteiger partial charge in [-0.1, -0.05) is 6.07 Å². The van der Waals surface area contributed by atoms with E-state index in [1.165, 1.54) is 19.2 Å². The minimum atomic E-state index is -0.377. The normalized spacial score (nSPS) is 10.8. The highest BCUT2D eigenvalue weighted by atomic mass is 19.1. The van der Waals surface area contributed by atoms with Gasteiger partial charge < -0.3 is 14.8 Å². The molecule has 1 heterocycles. The van der Waals surface area contributed by atoms with E-state index >= 15 is 0 Å². The molecule has 0 bridgehead atoms. The van der Waals surface area contributed by atoms with Gasteiger partial charge in [-0.25, -0.2) is 9.37 Å². The van der Waals surface area contributed by atoms with Crippen molar-refractivity contribution < 1.29 is 14.2 Å². The van der Waals surface area contributed by atoms with Crippen LogP contribution >= 0.6 is 0 Å². The number of ether oxygens (including phenoxy) is 1. The van der Waals surface area contributed by atoms with Gasteiger partial charge in [0.05, 0.1) is 12.6 Å². The fourth-order valence-electron chi connectivity index (χ4n) is 1.97. The van der Waals surface area contributed by atoms with Crippen LogP contribution < -0.4 is 4.74 Å². The van der Waals surface area contributed by atoms with E-state index in [4.69, 9.17) is 4.74 Å². The Bertz CT molecular complexity index is 752. The molecule has 1 aromatic heterocycles. The molecular weight excluding hydrogens is 247 g/mol. The van der Waals surface area contributed by atoms with Crippen molar-refractivity contribution in [2.45, 2.75) is 0 Å². The van der Waals surface area contributed by atoms with E-state index in [1.54, 1.807) is 24.3 Å². The maximum absolute atomic E-state index is 13.6. The van der Waals surface area contributed by atoms with E-state index in [2.05, 4.69) is 9.97 Å². The van der Waals surface area contributed by atoms with E-state index < -0.39 is 0 Å². The first-order valence-electron chi connectivity index (χ1n) is 5.70. The quantitative estimate of drug-likeness (QED) is 0.742. The number of aromatic nitrogens is 2. The second-order valence-electron chi connectivity index (χ2n) is 4.11. The molecule has 0 amide bonds. The molecule has 0 aliphatic rings. The van der Waals surface area contributed by atoms with E-state index in [0.29, 0.717) is 22.7 Å². The fraction of sp³-hybridized carbons (Fsp3) is 0.0714. The third-order valence-corrected chi connectivity index (χ3v) is 2.92. The van der Waals surface area contributed by atoms with Crippen LogP contribution in [0.3, 0.4) is 0 Å². The molecule has 0 aliphatic carbocycles. The highest BCUT2D eigenvalue weighted by Gasteiger charge is 2.10. The summed E-state index contributed by atoms with van der Waals surface area (Å²) < 4.78 is 18.5. The lowest BCUT2D eigenvalue weighted by Crippen LogP contribution is -1.85. The van der Waals surface area contributed by atoms with Gasteiger partial charge >= 0.3 is 0 Å². The van der Waals surface area contributed by atoms with Gasteiger partial charge in [0.25, 0.3) is 0 Å². The fourth-order valence-corrected chi connectivity index (χ4v) is 1.97. The lowest BCUT2D eigenvalue weighted by molar-refractivity contribution is 0.373. The molecule has 0 saturated heterocycles. The van der Waals surface area contributed by atoms with Crippen LogP contribution in [0.25, 0.3) is 22.4 Å². The zero-order valence-electron chi connectivity index (χ0n) is 10.1. The number of fused-ring (bicyclic) bond motifs is 1. The molecule has 2 N–H and O–H groups in total. The second-order valence-corrected chi connectivity index (χ2v) is 4.11. The minimum Gasteiger partial charge on any atom is -0.504 e. The molecule has 0 spiro atoms. The highest BCUT2D eigenvalue weighted by molar-refractivity contribution is 5.80. The van der Waals surface area contributed by atoms with Gasteiger partial charge in [0, 0.05) is 5.56 Å². The predicted octanol–water partition coefficient (Wildman–Crippen LogP) is 3.08. The number of nitrogens with zero attached hydrogens (tertiary/aromatic N) is 1. The third-order valence-electron chi connectivity index (χ3n) is 2.92. The Kier molecular flexibility index (Phi) is 2.59. The summed E-state index contributed by atoms with van der Waals surface area (Å²) in [6.45, 7) is 0. The molecule has 2 aromatic carbocycles. The molecule has 0 saturated carbocycles. The molecular formula is C14H11FN2O2. The van der Waals surface area contributed by atoms with Crippen molar-refractivity contribution in [1.29, 1.82) is 0 Å². The van der Waals surface area contributed by atoms with E-state index in [9.17, 15) is 9.50 Å². The van der Waals surface area contributed by atoms with E-state index in [0.717, 1.165) is 0 Å². The number of imidazole rings is 1. The van der Waals surface area contributed by atoms with Crippen LogP contribution in [0.4, 0.5) is 4.39 Å². The Balaban J connectivity index is 2.14. The minimum absolute atomic E-state index is 0.0147. The van der Waals surface area contributed by atoms with Crippen molar-refractivity contribution in [1.82, 2.24) is 9.97 Å². The molecule has 0 atom stereocenters. The van der Waals surface area contributed by atoms with Crippen molar-refractivity contribution >= 4 is 11.0 Å². The molecule has 4 nitrogen and oxygen atoms in total. The number of phenols is 1. The second kappa shape index (κ2) is 4.28. The number of halogens is 1. The molecule has 0 unspecified atom stereocenters. The first kappa shape index (κ1) is 11.5. The van der Waals surface area contributed by atoms with Gasteiger partial charge in [0.2, 0.25) is 0 Å². The van der Waals surface area contributed by atoms with Crippen molar-refractivity contribution in [3.05, 3.63) is 42.2 Å². The van der Waals surface area contributed by atoms with E-state index in [1.807, 2.05) is 0 Å². The summed E-state index contributed by atoms with van der Waals surface area (Å²) >= 11 is 0. The first-order chi connectivity index (χ1) is 9.19. The van der Waals surface area contributed by atoms with Gasteiger partial charge in [-0.2, -0.15) is 0 Å². The molecule has 0 aliphatic heterocycles. The van der Waals surface area contributed by atoms with Crippen LogP contribution in [-0.4, -0.2) is 22.2 Å². The Hall–Kier alpha value is -2.56. The number of nitrogens with one attached hydrogen (secondary N) is 1. The van der Waals surface area contributed by atoms with Crippen LogP contribution in [0.1, 0.15) is 0 Å². The van der Waals surface area contributed by atoms with Crippen molar-refractivity contribution in [3.63, 3.8) is 0 Å². The number of rotatable bonds is 2. The Labute approximate surface area is 108 Å². The molecule has 19 heavy (non-hydrogen) atoms. The third kappa shape index (κ3) is 1.89. The summed E-state index contributed by atoms with van der Waals surface area (Å²) in [5, 5.41) is 9.74. The molecule has 0 fully saturated rings. The topological polar surface area (TPSA) is 58.1 Å². The SMILES string of the molecule is COc1ccc(-c2nc3c(F)cccc3[nH]2)cc1O. The largest absolute Gasteiger partial charge is 0.504 e. The standard InChI is InChI=1S/C14H11FN2O2/c1-19-12-6-5-8(7-11(12)18)14-16-10-4-2-3-9(15)13(10)17-14/h2-7,18H,1H3,(H,16,17). The highest BCUT2D eigenvalue weighted by Crippen LogP contribution is 2.31. The van der Waals surface area contributed by atoms with E-state index in [-0.39, 0.29) is 17.1 Å². The maximum atomic E-state index is 13.6. The Morgan fingerprint density at radius 1 is 1.26 bits per heavy atom. The monoisotopic (exact) mass is 258 g/mol. The summed E-state index contributed by atoms with van der Waals surface area (Å²) in [5.74, 6) is 0.516. The number of phenolic OH excluding ortho intramolecular Hbond substituents is 1. The predicted molar refractivity (Wildman–Crippen MR) is 69.7 cm³/mol. The summed E-state index contributed by atoms with van der Waals surface area (Å²) in [5.41, 5.74) is 1.56. The molecule has 3 aromatic rings. The smallest absolute Gasteiger partial charge is 0.160 e. The van der Waals surface area contributed by atoms with Crippen LogP contribution in [0, 0.1) is 5.82 Å². The lowest BCUT2D eigenvalue weighted by atomic mass is 10.2. The Morgan fingerprint density at radius 2 is 2.11 bits per heavy atom.